The molecule has 2 aromatic rings. The van der Waals surface area contributed by atoms with Crippen molar-refractivity contribution in [2.75, 3.05) is 11.9 Å². The van der Waals surface area contributed by atoms with Crippen molar-refractivity contribution >= 4 is 33.5 Å². The van der Waals surface area contributed by atoms with Crippen molar-refractivity contribution in [1.29, 1.82) is 0 Å². The Balaban J connectivity index is 1.89. The highest BCUT2D eigenvalue weighted by molar-refractivity contribution is 9.10. The highest BCUT2D eigenvalue weighted by Gasteiger charge is 2.14. The van der Waals surface area contributed by atoms with Crippen LogP contribution in [-0.4, -0.2) is 18.5 Å². The molecule has 1 N–H and O–H groups in total. The molecule has 1 aromatic heterocycles. The number of ether oxygens (including phenoxy) is 1. The topological polar surface area (TPSA) is 68.5 Å². The summed E-state index contributed by atoms with van der Waals surface area (Å²) in [7, 11) is 0. The lowest BCUT2D eigenvalue weighted by atomic mass is 10.3. The van der Waals surface area contributed by atoms with Crippen LogP contribution < -0.4 is 5.32 Å². The highest BCUT2D eigenvalue weighted by Crippen LogP contribution is 2.19. The summed E-state index contributed by atoms with van der Waals surface area (Å²) in [4.78, 5) is 23.1. The first-order chi connectivity index (χ1) is 9.95. The molecule has 0 aliphatic carbocycles. The van der Waals surface area contributed by atoms with Crippen LogP contribution in [0.1, 0.15) is 16.3 Å². The fourth-order valence-corrected chi connectivity index (χ4v) is 1.86. The molecular formula is C14H11BrFNO4. The maximum Gasteiger partial charge on any atom is 0.374 e. The number of halogens is 2. The molecule has 0 saturated heterocycles. The second kappa shape index (κ2) is 6.53. The van der Waals surface area contributed by atoms with Crippen LogP contribution in [0.3, 0.4) is 0 Å². The Kier molecular flexibility index (Phi) is 4.74. The molecule has 0 radical (unpaired) electrons. The van der Waals surface area contributed by atoms with E-state index in [0.717, 1.165) is 0 Å². The van der Waals surface area contributed by atoms with Crippen LogP contribution in [0.2, 0.25) is 0 Å². The first-order valence-corrected chi connectivity index (χ1v) is 6.73. The Labute approximate surface area is 128 Å². The number of hydrogen-bond donors (Lipinski definition) is 1. The summed E-state index contributed by atoms with van der Waals surface area (Å²) < 4.78 is 23.9. The van der Waals surface area contributed by atoms with E-state index in [2.05, 4.69) is 21.2 Å². The number of esters is 1. The zero-order valence-electron chi connectivity index (χ0n) is 11.0. The fourth-order valence-electron chi connectivity index (χ4n) is 1.52. The van der Waals surface area contributed by atoms with Crippen molar-refractivity contribution in [3.05, 3.63) is 52.1 Å². The Morgan fingerprint density at radius 1 is 1.33 bits per heavy atom. The smallest absolute Gasteiger partial charge is 0.374 e. The van der Waals surface area contributed by atoms with Crippen LogP contribution in [-0.2, 0) is 9.53 Å². The molecule has 5 nitrogen and oxygen atoms in total. The van der Waals surface area contributed by atoms with Crippen LogP contribution in [0.25, 0.3) is 0 Å². The predicted molar refractivity (Wildman–Crippen MR) is 76.5 cm³/mol. The van der Waals surface area contributed by atoms with E-state index in [9.17, 15) is 14.0 Å². The van der Waals surface area contributed by atoms with E-state index in [4.69, 9.17) is 9.15 Å². The lowest BCUT2D eigenvalue weighted by Gasteiger charge is -2.07. The number of benzene rings is 1. The maximum atomic E-state index is 13.5. The number of carbonyl (C=O) groups excluding carboxylic acids is 2. The molecule has 2 rings (SSSR count). The molecule has 7 heteroatoms. The van der Waals surface area contributed by atoms with E-state index in [1.165, 1.54) is 18.2 Å². The van der Waals surface area contributed by atoms with Crippen molar-refractivity contribution in [2.45, 2.75) is 6.92 Å². The summed E-state index contributed by atoms with van der Waals surface area (Å²) in [6, 6.07) is 7.25. The molecule has 21 heavy (non-hydrogen) atoms. The summed E-state index contributed by atoms with van der Waals surface area (Å²) in [6.07, 6.45) is 0. The molecule has 0 fully saturated rings. The number of rotatable bonds is 4. The SMILES string of the molecule is Cc1ccc(C(=O)OCC(=O)Nc2ccc(Br)cc2F)o1. The van der Waals surface area contributed by atoms with Crippen LogP contribution in [0, 0.1) is 12.7 Å². The lowest BCUT2D eigenvalue weighted by molar-refractivity contribution is -0.119. The van der Waals surface area contributed by atoms with Gasteiger partial charge in [0.25, 0.3) is 5.91 Å². The van der Waals surface area contributed by atoms with Gasteiger partial charge in [0.15, 0.2) is 6.61 Å². The van der Waals surface area contributed by atoms with Gasteiger partial charge >= 0.3 is 5.97 Å². The maximum absolute atomic E-state index is 13.5. The van der Waals surface area contributed by atoms with Gasteiger partial charge in [-0.15, -0.1) is 0 Å². The molecule has 0 saturated carbocycles. The van der Waals surface area contributed by atoms with E-state index in [1.54, 1.807) is 19.1 Å². The van der Waals surface area contributed by atoms with Gasteiger partial charge in [0, 0.05) is 4.47 Å². The molecule has 0 bridgehead atoms. The summed E-state index contributed by atoms with van der Waals surface area (Å²) >= 11 is 3.11. The summed E-state index contributed by atoms with van der Waals surface area (Å²) in [5.74, 6) is -1.42. The highest BCUT2D eigenvalue weighted by atomic mass is 79.9. The zero-order valence-corrected chi connectivity index (χ0v) is 12.6. The molecule has 0 aliphatic rings. The average molecular weight is 356 g/mol. The van der Waals surface area contributed by atoms with E-state index in [0.29, 0.717) is 10.2 Å². The Bertz CT molecular complexity index is 683. The predicted octanol–water partition coefficient (Wildman–Crippen LogP) is 3.29. The largest absolute Gasteiger partial charge is 0.454 e. The third-order valence-corrected chi connectivity index (χ3v) is 2.97. The van der Waals surface area contributed by atoms with Gasteiger partial charge in [0.05, 0.1) is 5.69 Å². The van der Waals surface area contributed by atoms with E-state index >= 15 is 0 Å². The molecule has 0 atom stereocenters. The third kappa shape index (κ3) is 4.16. The normalized spacial score (nSPS) is 10.2. The lowest BCUT2D eigenvalue weighted by Crippen LogP contribution is -2.21. The first-order valence-electron chi connectivity index (χ1n) is 5.94. The first kappa shape index (κ1) is 15.2. The molecule has 1 heterocycles. The van der Waals surface area contributed by atoms with Gasteiger partial charge in [0.1, 0.15) is 11.6 Å². The Hall–Kier alpha value is -2.15. The Morgan fingerprint density at radius 2 is 2.10 bits per heavy atom. The number of hydrogen-bond acceptors (Lipinski definition) is 4. The average Bonchev–Trinajstić information content (AvgIpc) is 2.86. The van der Waals surface area contributed by atoms with Crippen molar-refractivity contribution in [3.8, 4) is 0 Å². The van der Waals surface area contributed by atoms with Gasteiger partial charge in [-0.05, 0) is 37.3 Å². The minimum absolute atomic E-state index is 0.00749. The fraction of sp³-hybridized carbons (Fsp3) is 0.143. The molecule has 0 spiro atoms. The number of nitrogens with one attached hydrogen (secondary N) is 1. The summed E-state index contributed by atoms with van der Waals surface area (Å²) in [6.45, 7) is 1.15. The van der Waals surface area contributed by atoms with Gasteiger partial charge in [-0.3, -0.25) is 4.79 Å². The van der Waals surface area contributed by atoms with Crippen molar-refractivity contribution in [3.63, 3.8) is 0 Å². The van der Waals surface area contributed by atoms with Crippen LogP contribution in [0.4, 0.5) is 10.1 Å². The number of carbonyl (C=O) groups is 2. The quantitative estimate of drug-likeness (QED) is 0.854. The second-order valence-electron chi connectivity index (χ2n) is 4.16. The van der Waals surface area contributed by atoms with E-state index < -0.39 is 24.3 Å². The van der Waals surface area contributed by atoms with Crippen LogP contribution in [0.5, 0.6) is 0 Å². The van der Waals surface area contributed by atoms with Gasteiger partial charge < -0.3 is 14.5 Å². The Morgan fingerprint density at radius 3 is 2.71 bits per heavy atom. The molecule has 1 aromatic carbocycles. The molecular weight excluding hydrogens is 345 g/mol. The number of amides is 1. The molecule has 0 aliphatic heterocycles. The number of furan rings is 1. The van der Waals surface area contributed by atoms with Crippen molar-refractivity contribution < 1.29 is 23.1 Å². The molecule has 0 unspecified atom stereocenters. The zero-order chi connectivity index (χ0) is 15.4. The van der Waals surface area contributed by atoms with Crippen LogP contribution >= 0.6 is 15.9 Å². The van der Waals surface area contributed by atoms with Gasteiger partial charge in [0.2, 0.25) is 5.76 Å². The van der Waals surface area contributed by atoms with E-state index in [1.807, 2.05) is 0 Å². The van der Waals surface area contributed by atoms with Gasteiger partial charge in [-0.1, -0.05) is 15.9 Å². The van der Waals surface area contributed by atoms with Gasteiger partial charge in [-0.25, -0.2) is 9.18 Å². The standard InChI is InChI=1S/C14H11BrFNO4/c1-8-2-5-12(21-8)14(19)20-7-13(18)17-11-4-3-9(15)6-10(11)16/h2-6H,7H2,1H3,(H,17,18). The third-order valence-electron chi connectivity index (χ3n) is 2.48. The summed E-state index contributed by atoms with van der Waals surface area (Å²) in [5.41, 5.74) is 0.00749. The molecule has 110 valence electrons. The van der Waals surface area contributed by atoms with E-state index in [-0.39, 0.29) is 11.4 Å². The van der Waals surface area contributed by atoms with Crippen LogP contribution in [0.15, 0.2) is 39.2 Å². The monoisotopic (exact) mass is 355 g/mol. The van der Waals surface area contributed by atoms with Crippen molar-refractivity contribution in [2.24, 2.45) is 0 Å². The second-order valence-corrected chi connectivity index (χ2v) is 5.07. The number of anilines is 1. The number of aryl methyl sites for hydroxylation is 1. The van der Waals surface area contributed by atoms with Crippen molar-refractivity contribution in [1.82, 2.24) is 0 Å². The minimum atomic E-state index is -0.755. The summed E-state index contributed by atoms with van der Waals surface area (Å²) in [5, 5.41) is 2.31. The van der Waals surface area contributed by atoms with Gasteiger partial charge in [-0.2, -0.15) is 0 Å². The minimum Gasteiger partial charge on any atom is -0.454 e. The molecule has 1 amide bonds.